The number of rotatable bonds is 1. The molecule has 3 aliphatic rings. The summed E-state index contributed by atoms with van der Waals surface area (Å²) in [5, 5.41) is 0. The van der Waals surface area contributed by atoms with E-state index in [0.717, 1.165) is 0 Å². The van der Waals surface area contributed by atoms with Crippen molar-refractivity contribution >= 4 is 0 Å². The quantitative estimate of drug-likeness (QED) is 0.538. The van der Waals surface area contributed by atoms with Crippen LogP contribution in [0.4, 0.5) is 0 Å². The lowest BCUT2D eigenvalue weighted by molar-refractivity contribution is 0.206. The van der Waals surface area contributed by atoms with Crippen LogP contribution < -0.4 is 0 Å². The van der Waals surface area contributed by atoms with E-state index in [1.165, 1.54) is 30.1 Å². The van der Waals surface area contributed by atoms with Gasteiger partial charge in [0.25, 0.3) is 0 Å². The highest BCUT2D eigenvalue weighted by Gasteiger charge is 2.43. The topological polar surface area (TPSA) is 0 Å². The van der Waals surface area contributed by atoms with Gasteiger partial charge in [-0.2, -0.15) is 0 Å². The molecule has 0 spiro atoms. The zero-order chi connectivity index (χ0) is 7.26. The molecule has 0 aromatic rings. The largest absolute Gasteiger partial charge is 0.0528 e. The molecule has 62 valence electrons. The molecule has 3 fully saturated rings. The van der Waals surface area contributed by atoms with Crippen molar-refractivity contribution in [2.75, 3.05) is 0 Å². The first kappa shape index (κ1) is 6.51. The predicted octanol–water partition coefficient (Wildman–Crippen LogP) is 3.22. The average molecular weight is 150 g/mol. The van der Waals surface area contributed by atoms with E-state index >= 15 is 0 Å². The first-order valence-corrected chi connectivity index (χ1v) is 5.43. The highest BCUT2D eigenvalue weighted by atomic mass is 14.5. The third-order valence-corrected chi connectivity index (χ3v) is 4.60. The molecule has 0 radical (unpaired) electrons. The highest BCUT2D eigenvalue weighted by Crippen LogP contribution is 2.54. The maximum absolute atomic E-state index is 1.62. The maximum Gasteiger partial charge on any atom is -0.0380 e. The Bertz CT molecular complexity index is 145. The lowest BCUT2D eigenvalue weighted by atomic mass is 9.75. The third-order valence-electron chi connectivity index (χ3n) is 4.60. The van der Waals surface area contributed by atoms with Crippen molar-refractivity contribution in [2.45, 2.75) is 44.9 Å². The van der Waals surface area contributed by atoms with Crippen LogP contribution >= 0.6 is 0 Å². The minimum absolute atomic E-state index is 1.18. The molecule has 0 nitrogen and oxygen atoms in total. The van der Waals surface area contributed by atoms with E-state index in [9.17, 15) is 0 Å². The Labute approximate surface area is 69.4 Å². The molecule has 0 heterocycles. The Kier molecular flexibility index (Phi) is 1.33. The minimum atomic E-state index is 1.18. The standard InChI is InChI=1S/C11H18/c1-2-8(3-1)11-6-9-4-5-10(9)7-11/h8-11H,1-7H2. The van der Waals surface area contributed by atoms with E-state index in [2.05, 4.69) is 0 Å². The van der Waals surface area contributed by atoms with Gasteiger partial charge in [-0.15, -0.1) is 0 Å². The van der Waals surface area contributed by atoms with Gasteiger partial charge in [0.2, 0.25) is 0 Å². The molecule has 11 heavy (non-hydrogen) atoms. The molecule has 0 aromatic carbocycles. The Morgan fingerprint density at radius 1 is 0.545 bits per heavy atom. The molecule has 3 saturated carbocycles. The van der Waals surface area contributed by atoms with E-state index < -0.39 is 0 Å². The molecule has 0 aliphatic heterocycles. The van der Waals surface area contributed by atoms with Gasteiger partial charge in [0.1, 0.15) is 0 Å². The summed E-state index contributed by atoms with van der Waals surface area (Å²) in [7, 11) is 0. The molecule has 3 aliphatic carbocycles. The zero-order valence-electron chi connectivity index (χ0n) is 7.26. The van der Waals surface area contributed by atoms with Crippen molar-refractivity contribution in [3.63, 3.8) is 0 Å². The van der Waals surface area contributed by atoms with Crippen LogP contribution in [0.25, 0.3) is 0 Å². The Hall–Kier alpha value is 0. The first-order chi connectivity index (χ1) is 5.43. The molecule has 0 saturated heterocycles. The van der Waals surface area contributed by atoms with Crippen molar-refractivity contribution < 1.29 is 0 Å². The Balaban J connectivity index is 1.63. The normalized spacial score (nSPS) is 49.6. The molecule has 0 N–H and O–H groups in total. The second-order valence-electron chi connectivity index (χ2n) is 5.02. The molecule has 0 bridgehead atoms. The van der Waals surface area contributed by atoms with E-state index in [0.29, 0.717) is 0 Å². The van der Waals surface area contributed by atoms with Crippen LogP contribution in [-0.4, -0.2) is 0 Å². The van der Waals surface area contributed by atoms with Crippen LogP contribution in [0, 0.1) is 23.7 Å². The summed E-state index contributed by atoms with van der Waals surface area (Å²) >= 11 is 0. The van der Waals surface area contributed by atoms with Gasteiger partial charge in [-0.1, -0.05) is 19.3 Å². The SMILES string of the molecule is C1CC(C2CC3CCC3C2)C1. The molecular formula is C11H18. The summed E-state index contributed by atoms with van der Waals surface area (Å²) in [6.45, 7) is 0. The molecule has 0 amide bonds. The number of fused-ring (bicyclic) bond motifs is 1. The first-order valence-electron chi connectivity index (χ1n) is 5.43. The monoisotopic (exact) mass is 150 g/mol. The number of hydrogen-bond donors (Lipinski definition) is 0. The Morgan fingerprint density at radius 3 is 1.55 bits per heavy atom. The van der Waals surface area contributed by atoms with E-state index in [1.807, 2.05) is 0 Å². The van der Waals surface area contributed by atoms with Crippen LogP contribution in [0.1, 0.15) is 44.9 Å². The summed E-state index contributed by atoms with van der Waals surface area (Å²) < 4.78 is 0. The summed E-state index contributed by atoms with van der Waals surface area (Å²) in [6.07, 6.45) is 11.1. The fourth-order valence-corrected chi connectivity index (χ4v) is 3.43. The molecule has 2 unspecified atom stereocenters. The van der Waals surface area contributed by atoms with Crippen LogP contribution in [0.3, 0.4) is 0 Å². The second-order valence-corrected chi connectivity index (χ2v) is 5.02. The molecule has 0 aromatic heterocycles. The molecule has 0 heteroatoms. The summed E-state index contributed by atoms with van der Waals surface area (Å²) in [4.78, 5) is 0. The van der Waals surface area contributed by atoms with Crippen LogP contribution in [-0.2, 0) is 0 Å². The number of hydrogen-bond acceptors (Lipinski definition) is 0. The van der Waals surface area contributed by atoms with Crippen LogP contribution in [0.2, 0.25) is 0 Å². The third kappa shape index (κ3) is 0.878. The maximum atomic E-state index is 1.62. The van der Waals surface area contributed by atoms with Gasteiger partial charge in [-0.3, -0.25) is 0 Å². The van der Waals surface area contributed by atoms with Gasteiger partial charge in [0.15, 0.2) is 0 Å². The average Bonchev–Trinajstić information content (AvgIpc) is 2.09. The minimum Gasteiger partial charge on any atom is -0.0528 e. The molecular weight excluding hydrogens is 132 g/mol. The molecule has 2 atom stereocenters. The van der Waals surface area contributed by atoms with E-state index in [-0.39, 0.29) is 0 Å². The van der Waals surface area contributed by atoms with E-state index in [4.69, 9.17) is 0 Å². The van der Waals surface area contributed by atoms with Gasteiger partial charge in [-0.25, -0.2) is 0 Å². The summed E-state index contributed by atoms with van der Waals surface area (Å²) in [6, 6.07) is 0. The molecule has 3 rings (SSSR count). The summed E-state index contributed by atoms with van der Waals surface area (Å²) in [5.74, 6) is 4.75. The highest BCUT2D eigenvalue weighted by molar-refractivity contribution is 4.94. The van der Waals surface area contributed by atoms with E-state index in [1.54, 1.807) is 38.5 Å². The van der Waals surface area contributed by atoms with Crippen LogP contribution in [0.5, 0.6) is 0 Å². The Morgan fingerprint density at radius 2 is 1.18 bits per heavy atom. The zero-order valence-corrected chi connectivity index (χ0v) is 7.26. The van der Waals surface area contributed by atoms with Crippen molar-refractivity contribution in [1.29, 1.82) is 0 Å². The van der Waals surface area contributed by atoms with Crippen molar-refractivity contribution in [1.82, 2.24) is 0 Å². The smallest absolute Gasteiger partial charge is 0.0380 e. The fraction of sp³-hybridized carbons (Fsp3) is 1.00. The van der Waals surface area contributed by atoms with Crippen molar-refractivity contribution in [3.8, 4) is 0 Å². The van der Waals surface area contributed by atoms with Gasteiger partial charge >= 0.3 is 0 Å². The van der Waals surface area contributed by atoms with Gasteiger partial charge in [-0.05, 0) is 49.4 Å². The second kappa shape index (κ2) is 2.24. The van der Waals surface area contributed by atoms with Crippen molar-refractivity contribution in [2.24, 2.45) is 23.7 Å². The lowest BCUT2D eigenvalue weighted by Gasteiger charge is -2.31. The van der Waals surface area contributed by atoms with Crippen molar-refractivity contribution in [3.05, 3.63) is 0 Å². The predicted molar refractivity (Wildman–Crippen MR) is 46.3 cm³/mol. The van der Waals surface area contributed by atoms with Gasteiger partial charge < -0.3 is 0 Å². The van der Waals surface area contributed by atoms with Gasteiger partial charge in [0.05, 0.1) is 0 Å². The summed E-state index contributed by atoms with van der Waals surface area (Å²) in [5.41, 5.74) is 0. The van der Waals surface area contributed by atoms with Gasteiger partial charge in [0, 0.05) is 0 Å². The fourth-order valence-electron chi connectivity index (χ4n) is 3.43. The lowest BCUT2D eigenvalue weighted by Crippen LogP contribution is -2.19. The van der Waals surface area contributed by atoms with Crippen LogP contribution in [0.15, 0.2) is 0 Å².